The zero-order valence-corrected chi connectivity index (χ0v) is 12.0. The van der Waals surface area contributed by atoms with Gasteiger partial charge < -0.3 is 15.4 Å². The van der Waals surface area contributed by atoms with Crippen LogP contribution >= 0.6 is 0 Å². The van der Waals surface area contributed by atoms with E-state index in [4.69, 9.17) is 4.74 Å². The molecule has 1 amide bonds. The van der Waals surface area contributed by atoms with Crippen LogP contribution in [0.15, 0.2) is 18.2 Å². The molecule has 116 valence electrons. The quantitative estimate of drug-likeness (QED) is 0.831. The van der Waals surface area contributed by atoms with E-state index in [1.807, 2.05) is 0 Å². The van der Waals surface area contributed by atoms with E-state index in [2.05, 4.69) is 10.6 Å². The van der Waals surface area contributed by atoms with Gasteiger partial charge in [0, 0.05) is 26.3 Å². The maximum Gasteiger partial charge on any atom is 0.229 e. The molecule has 0 saturated carbocycles. The SMILES string of the molecule is COCC1(C(=O)NCCc2cc(F)cc(F)c2)CCNC1. The van der Waals surface area contributed by atoms with E-state index in [9.17, 15) is 13.6 Å². The number of carbonyl (C=O) groups excluding carboxylic acids is 1. The molecule has 1 aromatic carbocycles. The van der Waals surface area contributed by atoms with Crippen molar-refractivity contribution in [3.63, 3.8) is 0 Å². The van der Waals surface area contributed by atoms with Gasteiger partial charge in [0.25, 0.3) is 0 Å². The van der Waals surface area contributed by atoms with E-state index in [1.54, 1.807) is 7.11 Å². The fourth-order valence-corrected chi connectivity index (χ4v) is 2.67. The van der Waals surface area contributed by atoms with Crippen LogP contribution in [0.2, 0.25) is 0 Å². The number of carbonyl (C=O) groups is 1. The van der Waals surface area contributed by atoms with Gasteiger partial charge in [0.15, 0.2) is 0 Å². The smallest absolute Gasteiger partial charge is 0.229 e. The second-order valence-corrected chi connectivity index (χ2v) is 5.42. The van der Waals surface area contributed by atoms with Crippen molar-refractivity contribution >= 4 is 5.91 Å². The number of hydrogen-bond donors (Lipinski definition) is 2. The molecule has 1 saturated heterocycles. The Morgan fingerprint density at radius 1 is 1.38 bits per heavy atom. The summed E-state index contributed by atoms with van der Waals surface area (Å²) in [5.41, 5.74) is -0.0137. The molecule has 1 unspecified atom stereocenters. The maximum atomic E-state index is 13.1. The standard InChI is InChI=1S/C15H20F2N2O2/c1-21-10-15(3-5-18-9-15)14(20)19-4-2-11-6-12(16)8-13(17)7-11/h6-8,18H,2-5,9-10H2,1H3,(H,19,20). The Morgan fingerprint density at radius 3 is 2.67 bits per heavy atom. The Labute approximate surface area is 122 Å². The van der Waals surface area contributed by atoms with Crippen LogP contribution in [0.4, 0.5) is 8.78 Å². The normalized spacial score (nSPS) is 21.5. The van der Waals surface area contributed by atoms with Gasteiger partial charge >= 0.3 is 0 Å². The first kappa shape index (κ1) is 15.9. The average Bonchev–Trinajstić information content (AvgIpc) is 2.88. The predicted molar refractivity (Wildman–Crippen MR) is 74.9 cm³/mol. The van der Waals surface area contributed by atoms with Crippen molar-refractivity contribution in [1.82, 2.24) is 10.6 Å². The number of ether oxygens (including phenoxy) is 1. The summed E-state index contributed by atoms with van der Waals surface area (Å²) in [6, 6.07) is 3.38. The molecule has 1 aromatic rings. The highest BCUT2D eigenvalue weighted by Gasteiger charge is 2.41. The van der Waals surface area contributed by atoms with E-state index in [1.165, 1.54) is 12.1 Å². The molecule has 0 aliphatic carbocycles. The summed E-state index contributed by atoms with van der Waals surface area (Å²) in [6.07, 6.45) is 1.11. The molecule has 1 aliphatic rings. The molecule has 0 spiro atoms. The van der Waals surface area contributed by atoms with Gasteiger partial charge in [0.2, 0.25) is 5.91 Å². The highest BCUT2D eigenvalue weighted by molar-refractivity contribution is 5.83. The number of methoxy groups -OCH3 is 1. The highest BCUT2D eigenvalue weighted by atomic mass is 19.1. The lowest BCUT2D eigenvalue weighted by atomic mass is 9.87. The predicted octanol–water partition coefficient (Wildman–Crippen LogP) is 1.25. The maximum absolute atomic E-state index is 13.1. The van der Waals surface area contributed by atoms with Gasteiger partial charge in [-0.05, 0) is 37.1 Å². The van der Waals surface area contributed by atoms with Crippen LogP contribution in [-0.4, -0.2) is 39.3 Å². The fourth-order valence-electron chi connectivity index (χ4n) is 2.67. The summed E-state index contributed by atoms with van der Waals surface area (Å²) in [4.78, 5) is 12.3. The third kappa shape index (κ3) is 3.98. The van der Waals surface area contributed by atoms with Crippen LogP contribution in [0.1, 0.15) is 12.0 Å². The summed E-state index contributed by atoms with van der Waals surface area (Å²) in [5, 5.41) is 6.00. The first-order valence-corrected chi connectivity index (χ1v) is 6.99. The van der Waals surface area contributed by atoms with Gasteiger partial charge in [0.05, 0.1) is 12.0 Å². The summed E-state index contributed by atoms with van der Waals surface area (Å²) in [6.45, 7) is 2.07. The van der Waals surface area contributed by atoms with E-state index in [0.717, 1.165) is 19.0 Å². The van der Waals surface area contributed by atoms with E-state index in [-0.39, 0.29) is 5.91 Å². The Balaban J connectivity index is 1.88. The Bertz CT molecular complexity index is 482. The van der Waals surface area contributed by atoms with Crippen molar-refractivity contribution in [2.24, 2.45) is 5.41 Å². The number of amides is 1. The second kappa shape index (κ2) is 6.95. The Kier molecular flexibility index (Phi) is 5.25. The van der Waals surface area contributed by atoms with Gasteiger partial charge in [0.1, 0.15) is 11.6 Å². The lowest BCUT2D eigenvalue weighted by Crippen LogP contribution is -2.46. The van der Waals surface area contributed by atoms with Gasteiger partial charge in [-0.1, -0.05) is 0 Å². The van der Waals surface area contributed by atoms with Crippen LogP contribution in [0, 0.1) is 17.0 Å². The fraction of sp³-hybridized carbons (Fsp3) is 0.533. The van der Waals surface area contributed by atoms with Crippen molar-refractivity contribution in [2.45, 2.75) is 12.8 Å². The first-order chi connectivity index (χ1) is 10.1. The van der Waals surface area contributed by atoms with E-state index in [0.29, 0.717) is 31.7 Å². The summed E-state index contributed by atoms with van der Waals surface area (Å²) in [5.74, 6) is -1.29. The van der Waals surface area contributed by atoms with E-state index < -0.39 is 17.0 Å². The number of benzene rings is 1. The zero-order valence-electron chi connectivity index (χ0n) is 12.0. The van der Waals surface area contributed by atoms with Crippen LogP contribution in [0.5, 0.6) is 0 Å². The molecule has 0 radical (unpaired) electrons. The third-order valence-corrected chi connectivity index (χ3v) is 3.77. The topological polar surface area (TPSA) is 50.4 Å². The molecule has 6 heteroatoms. The zero-order chi connectivity index (χ0) is 15.3. The van der Waals surface area contributed by atoms with Crippen molar-refractivity contribution in [3.05, 3.63) is 35.4 Å². The molecule has 0 bridgehead atoms. The highest BCUT2D eigenvalue weighted by Crippen LogP contribution is 2.26. The van der Waals surface area contributed by atoms with Crippen LogP contribution in [-0.2, 0) is 16.0 Å². The van der Waals surface area contributed by atoms with Crippen LogP contribution in [0.25, 0.3) is 0 Å². The molecular formula is C15H20F2N2O2. The molecule has 1 heterocycles. The Morgan fingerprint density at radius 2 is 2.10 bits per heavy atom. The van der Waals surface area contributed by atoms with Crippen LogP contribution in [0.3, 0.4) is 0 Å². The van der Waals surface area contributed by atoms with Gasteiger partial charge in [-0.15, -0.1) is 0 Å². The van der Waals surface area contributed by atoms with Gasteiger partial charge in [-0.2, -0.15) is 0 Å². The summed E-state index contributed by atoms with van der Waals surface area (Å²) < 4.78 is 31.3. The van der Waals surface area contributed by atoms with Crippen molar-refractivity contribution in [3.8, 4) is 0 Å². The van der Waals surface area contributed by atoms with Crippen molar-refractivity contribution in [1.29, 1.82) is 0 Å². The monoisotopic (exact) mass is 298 g/mol. The second-order valence-electron chi connectivity index (χ2n) is 5.42. The number of halogens is 2. The third-order valence-electron chi connectivity index (χ3n) is 3.77. The molecule has 2 N–H and O–H groups in total. The summed E-state index contributed by atoms with van der Waals surface area (Å²) >= 11 is 0. The number of nitrogens with one attached hydrogen (secondary N) is 2. The van der Waals surface area contributed by atoms with Gasteiger partial charge in [-0.25, -0.2) is 8.78 Å². The molecule has 1 atom stereocenters. The minimum Gasteiger partial charge on any atom is -0.384 e. The Hall–Kier alpha value is -1.53. The minimum absolute atomic E-state index is 0.0776. The van der Waals surface area contributed by atoms with Crippen molar-refractivity contribution in [2.75, 3.05) is 33.4 Å². The molecular weight excluding hydrogens is 278 g/mol. The number of hydrogen-bond acceptors (Lipinski definition) is 3. The lowest BCUT2D eigenvalue weighted by molar-refractivity contribution is -0.132. The van der Waals surface area contributed by atoms with Crippen molar-refractivity contribution < 1.29 is 18.3 Å². The molecule has 0 aromatic heterocycles. The first-order valence-electron chi connectivity index (χ1n) is 6.99. The molecule has 21 heavy (non-hydrogen) atoms. The minimum atomic E-state index is -0.604. The molecule has 2 rings (SSSR count). The molecule has 1 aliphatic heterocycles. The van der Waals surface area contributed by atoms with Crippen LogP contribution < -0.4 is 10.6 Å². The largest absolute Gasteiger partial charge is 0.384 e. The van der Waals surface area contributed by atoms with Gasteiger partial charge in [-0.3, -0.25) is 4.79 Å². The average molecular weight is 298 g/mol. The van der Waals surface area contributed by atoms with E-state index >= 15 is 0 Å². The lowest BCUT2D eigenvalue weighted by Gasteiger charge is -2.25. The summed E-state index contributed by atoms with van der Waals surface area (Å²) in [7, 11) is 1.57. The number of rotatable bonds is 6. The molecule has 4 nitrogen and oxygen atoms in total. The molecule has 1 fully saturated rings.